The van der Waals surface area contributed by atoms with Gasteiger partial charge in [-0.15, -0.1) is 0 Å². The number of para-hydroxylation sites is 2. The maximum atomic E-state index is 12.9. The number of aliphatic hydroxyl groups is 1. The lowest BCUT2D eigenvalue weighted by Crippen LogP contribution is -2.26. The molecule has 4 aromatic rings. The highest BCUT2D eigenvalue weighted by atomic mass is 35.5. The zero-order chi connectivity index (χ0) is 23.7. The van der Waals surface area contributed by atoms with E-state index in [9.17, 15) is 9.90 Å². The first-order chi connectivity index (χ1) is 16.5. The SMILES string of the molecule is Cc1ccc(OC[C@@H](O)Cn2c([C@H]3CC(=O)N(c4ccc(Cl)cc4)C3)nc3ccccc32)cc1. The van der Waals surface area contributed by atoms with E-state index in [4.69, 9.17) is 21.3 Å². The highest BCUT2D eigenvalue weighted by Crippen LogP contribution is 2.33. The minimum Gasteiger partial charge on any atom is -0.491 e. The lowest BCUT2D eigenvalue weighted by molar-refractivity contribution is -0.117. The van der Waals surface area contributed by atoms with Gasteiger partial charge >= 0.3 is 0 Å². The molecular formula is C27H26ClN3O3. The van der Waals surface area contributed by atoms with Crippen LogP contribution in [0.4, 0.5) is 5.69 Å². The van der Waals surface area contributed by atoms with Crippen molar-refractivity contribution in [2.75, 3.05) is 18.1 Å². The molecule has 1 aromatic heterocycles. The second-order valence-corrected chi connectivity index (χ2v) is 9.17. The van der Waals surface area contributed by atoms with Crippen LogP contribution in [0.3, 0.4) is 0 Å². The number of carbonyl (C=O) groups excluding carboxylic acids is 1. The molecule has 0 saturated carbocycles. The van der Waals surface area contributed by atoms with Gasteiger partial charge in [-0.05, 0) is 55.5 Å². The fourth-order valence-electron chi connectivity index (χ4n) is 4.44. The Labute approximate surface area is 203 Å². The second-order valence-electron chi connectivity index (χ2n) is 8.73. The average molecular weight is 476 g/mol. The summed E-state index contributed by atoms with van der Waals surface area (Å²) in [7, 11) is 0. The van der Waals surface area contributed by atoms with E-state index in [1.54, 1.807) is 17.0 Å². The van der Waals surface area contributed by atoms with Crippen LogP contribution in [0.25, 0.3) is 11.0 Å². The summed E-state index contributed by atoms with van der Waals surface area (Å²) in [4.78, 5) is 19.5. The van der Waals surface area contributed by atoms with Gasteiger partial charge in [-0.1, -0.05) is 41.4 Å². The highest BCUT2D eigenvalue weighted by Gasteiger charge is 2.35. The van der Waals surface area contributed by atoms with Crippen LogP contribution in [0, 0.1) is 6.92 Å². The molecule has 0 radical (unpaired) electrons. The van der Waals surface area contributed by atoms with E-state index in [0.717, 1.165) is 33.9 Å². The van der Waals surface area contributed by atoms with Gasteiger partial charge in [0.15, 0.2) is 0 Å². The Morgan fingerprint density at radius 1 is 1.09 bits per heavy atom. The number of nitrogens with zero attached hydrogens (tertiary/aromatic N) is 3. The van der Waals surface area contributed by atoms with E-state index >= 15 is 0 Å². The zero-order valence-corrected chi connectivity index (χ0v) is 19.7. The van der Waals surface area contributed by atoms with Gasteiger partial charge in [0.05, 0.1) is 17.6 Å². The number of benzene rings is 3. The molecule has 0 unspecified atom stereocenters. The van der Waals surface area contributed by atoms with E-state index in [1.165, 1.54) is 0 Å². The van der Waals surface area contributed by atoms with Crippen molar-refractivity contribution in [3.05, 3.63) is 89.2 Å². The summed E-state index contributed by atoms with van der Waals surface area (Å²) in [5, 5.41) is 11.4. The summed E-state index contributed by atoms with van der Waals surface area (Å²) in [6.45, 7) is 3.04. The maximum absolute atomic E-state index is 12.9. The van der Waals surface area contributed by atoms with Crippen molar-refractivity contribution >= 4 is 34.2 Å². The number of amides is 1. The van der Waals surface area contributed by atoms with Crippen molar-refractivity contribution in [1.29, 1.82) is 0 Å². The largest absolute Gasteiger partial charge is 0.491 e. The summed E-state index contributed by atoms with van der Waals surface area (Å²) in [5.41, 5.74) is 3.76. The van der Waals surface area contributed by atoms with Crippen molar-refractivity contribution in [3.8, 4) is 5.75 Å². The fourth-order valence-corrected chi connectivity index (χ4v) is 4.57. The number of imidazole rings is 1. The number of rotatable bonds is 7. The number of aliphatic hydroxyl groups excluding tert-OH is 1. The third kappa shape index (κ3) is 4.65. The molecule has 0 aliphatic carbocycles. The smallest absolute Gasteiger partial charge is 0.227 e. The van der Waals surface area contributed by atoms with Crippen LogP contribution < -0.4 is 9.64 Å². The molecule has 0 bridgehead atoms. The lowest BCUT2D eigenvalue weighted by atomic mass is 10.1. The van der Waals surface area contributed by atoms with Crippen LogP contribution in [0.2, 0.25) is 5.02 Å². The van der Waals surface area contributed by atoms with Gasteiger partial charge in [-0.3, -0.25) is 4.79 Å². The number of aryl methyl sites for hydroxylation is 1. The number of anilines is 1. The van der Waals surface area contributed by atoms with Crippen LogP contribution in [-0.4, -0.2) is 39.8 Å². The predicted octanol–water partition coefficient (Wildman–Crippen LogP) is 4.96. The molecule has 3 aromatic carbocycles. The predicted molar refractivity (Wildman–Crippen MR) is 134 cm³/mol. The van der Waals surface area contributed by atoms with Crippen molar-refractivity contribution in [2.45, 2.75) is 31.9 Å². The first kappa shape index (κ1) is 22.4. The minimum absolute atomic E-state index is 0.0502. The van der Waals surface area contributed by atoms with Gasteiger partial charge in [0.1, 0.15) is 24.3 Å². The van der Waals surface area contributed by atoms with Gasteiger partial charge in [0.25, 0.3) is 0 Å². The van der Waals surface area contributed by atoms with E-state index in [0.29, 0.717) is 24.5 Å². The van der Waals surface area contributed by atoms with Crippen molar-refractivity contribution in [1.82, 2.24) is 9.55 Å². The van der Waals surface area contributed by atoms with Crippen molar-refractivity contribution < 1.29 is 14.6 Å². The van der Waals surface area contributed by atoms with E-state index in [1.807, 2.05) is 72.2 Å². The molecule has 1 amide bonds. The Balaban J connectivity index is 1.37. The van der Waals surface area contributed by atoms with Gasteiger partial charge in [-0.2, -0.15) is 0 Å². The Bertz CT molecular complexity index is 1300. The first-order valence-corrected chi connectivity index (χ1v) is 11.7. The van der Waals surface area contributed by atoms with Crippen molar-refractivity contribution in [2.24, 2.45) is 0 Å². The van der Waals surface area contributed by atoms with Crippen LogP contribution in [0.5, 0.6) is 5.75 Å². The van der Waals surface area contributed by atoms with E-state index in [2.05, 4.69) is 0 Å². The highest BCUT2D eigenvalue weighted by molar-refractivity contribution is 6.30. The standard InChI is InChI=1S/C27H26ClN3O3/c1-18-6-12-23(13-7-18)34-17-22(32)16-31-25-5-3-2-4-24(25)29-27(31)19-14-26(33)30(15-19)21-10-8-20(28)9-11-21/h2-13,19,22,32H,14-17H2,1H3/t19-,22-/m0/s1. The minimum atomic E-state index is -0.734. The summed E-state index contributed by atoms with van der Waals surface area (Å²) in [5.74, 6) is 1.50. The number of hydrogen-bond acceptors (Lipinski definition) is 4. The van der Waals surface area contributed by atoms with Crippen LogP contribution >= 0.6 is 11.6 Å². The normalized spacial score (nSPS) is 16.9. The number of halogens is 1. The van der Waals surface area contributed by atoms with E-state index < -0.39 is 6.10 Å². The Morgan fingerprint density at radius 3 is 2.59 bits per heavy atom. The quantitative estimate of drug-likeness (QED) is 0.410. The second kappa shape index (κ2) is 9.49. The Hall–Kier alpha value is -3.35. The van der Waals surface area contributed by atoms with Gasteiger partial charge in [0, 0.05) is 29.6 Å². The van der Waals surface area contributed by atoms with Crippen LogP contribution in [0.15, 0.2) is 72.8 Å². The maximum Gasteiger partial charge on any atom is 0.227 e. The molecule has 7 heteroatoms. The number of hydrogen-bond donors (Lipinski definition) is 1. The number of fused-ring (bicyclic) bond motifs is 1. The number of ether oxygens (including phenoxy) is 1. The molecule has 1 N–H and O–H groups in total. The monoisotopic (exact) mass is 475 g/mol. The van der Waals surface area contributed by atoms with E-state index in [-0.39, 0.29) is 18.4 Å². The van der Waals surface area contributed by atoms with Gasteiger partial charge in [-0.25, -0.2) is 4.98 Å². The third-order valence-electron chi connectivity index (χ3n) is 6.17. The summed E-state index contributed by atoms with van der Waals surface area (Å²) in [6, 6.07) is 22.9. The molecule has 1 fully saturated rings. The summed E-state index contributed by atoms with van der Waals surface area (Å²) >= 11 is 6.01. The zero-order valence-electron chi connectivity index (χ0n) is 18.9. The topological polar surface area (TPSA) is 67.6 Å². The number of carbonyl (C=O) groups is 1. The summed E-state index contributed by atoms with van der Waals surface area (Å²) in [6.07, 6.45) is -0.371. The molecule has 1 aliphatic rings. The molecule has 34 heavy (non-hydrogen) atoms. The fraction of sp³-hybridized carbons (Fsp3) is 0.259. The molecular weight excluding hydrogens is 450 g/mol. The Kier molecular flexibility index (Phi) is 6.26. The lowest BCUT2D eigenvalue weighted by Gasteiger charge is -2.19. The molecule has 2 heterocycles. The molecule has 2 atom stereocenters. The van der Waals surface area contributed by atoms with Gasteiger partial charge in [0.2, 0.25) is 5.91 Å². The molecule has 1 aliphatic heterocycles. The third-order valence-corrected chi connectivity index (χ3v) is 6.42. The molecule has 1 saturated heterocycles. The number of aromatic nitrogens is 2. The van der Waals surface area contributed by atoms with Crippen molar-refractivity contribution in [3.63, 3.8) is 0 Å². The van der Waals surface area contributed by atoms with Crippen LogP contribution in [0.1, 0.15) is 23.7 Å². The van der Waals surface area contributed by atoms with Gasteiger partial charge < -0.3 is 19.3 Å². The molecule has 5 rings (SSSR count). The molecule has 6 nitrogen and oxygen atoms in total. The summed E-state index contributed by atoms with van der Waals surface area (Å²) < 4.78 is 7.82. The van der Waals surface area contributed by atoms with Crippen LogP contribution in [-0.2, 0) is 11.3 Å². The molecule has 0 spiro atoms. The molecule has 174 valence electrons. The first-order valence-electron chi connectivity index (χ1n) is 11.4. The average Bonchev–Trinajstić information content (AvgIpc) is 3.40. The Morgan fingerprint density at radius 2 is 1.82 bits per heavy atom.